The van der Waals surface area contributed by atoms with Crippen molar-refractivity contribution in [3.63, 3.8) is 0 Å². The summed E-state index contributed by atoms with van der Waals surface area (Å²) in [6, 6.07) is 7.86. The van der Waals surface area contributed by atoms with E-state index >= 15 is 0 Å². The predicted molar refractivity (Wildman–Crippen MR) is 104 cm³/mol. The van der Waals surface area contributed by atoms with E-state index < -0.39 is 0 Å². The van der Waals surface area contributed by atoms with E-state index in [4.69, 9.17) is 0 Å². The van der Waals surface area contributed by atoms with Gasteiger partial charge in [-0.05, 0) is 73.5 Å². The number of nitrogens with zero attached hydrogens (tertiary/aromatic N) is 1. The molecule has 1 aliphatic heterocycles. The van der Waals surface area contributed by atoms with Gasteiger partial charge in [0.15, 0.2) is 0 Å². The second-order valence-electron chi connectivity index (χ2n) is 9.34. The molecule has 4 nitrogen and oxygen atoms in total. The van der Waals surface area contributed by atoms with E-state index in [1.807, 2.05) is 36.5 Å². The molecule has 0 radical (unpaired) electrons. The molecule has 4 aliphatic carbocycles. The third-order valence-corrected chi connectivity index (χ3v) is 7.29. The van der Waals surface area contributed by atoms with Gasteiger partial charge in [0, 0.05) is 18.7 Å². The van der Waals surface area contributed by atoms with Crippen molar-refractivity contribution in [2.24, 2.45) is 17.8 Å². The van der Waals surface area contributed by atoms with Crippen LogP contribution >= 0.6 is 0 Å². The molecule has 142 valence electrons. The Morgan fingerprint density at radius 2 is 1.70 bits per heavy atom. The van der Waals surface area contributed by atoms with Crippen molar-refractivity contribution in [3.8, 4) is 0 Å². The highest BCUT2D eigenvalue weighted by atomic mass is 16.2. The summed E-state index contributed by atoms with van der Waals surface area (Å²) in [5.74, 6) is 2.50. The van der Waals surface area contributed by atoms with Gasteiger partial charge < -0.3 is 10.2 Å². The van der Waals surface area contributed by atoms with E-state index in [9.17, 15) is 9.59 Å². The number of hydrogen-bond acceptors (Lipinski definition) is 2. The van der Waals surface area contributed by atoms with E-state index in [0.29, 0.717) is 6.42 Å². The fraction of sp³-hybridized carbons (Fsp3) is 0.565. The van der Waals surface area contributed by atoms with Crippen molar-refractivity contribution in [2.45, 2.75) is 63.5 Å². The lowest BCUT2D eigenvalue weighted by atomic mass is 9.53. The van der Waals surface area contributed by atoms with Gasteiger partial charge in [-0.3, -0.25) is 9.59 Å². The van der Waals surface area contributed by atoms with Gasteiger partial charge in [0.25, 0.3) is 0 Å². The predicted octanol–water partition coefficient (Wildman–Crippen LogP) is 4.04. The quantitative estimate of drug-likeness (QED) is 0.880. The lowest BCUT2D eigenvalue weighted by molar-refractivity contribution is -0.131. The molecule has 4 bridgehead atoms. The molecule has 1 aromatic carbocycles. The maximum atomic E-state index is 13.1. The van der Waals surface area contributed by atoms with Crippen LogP contribution in [0.25, 0.3) is 6.08 Å². The second kappa shape index (κ2) is 6.22. The van der Waals surface area contributed by atoms with E-state index in [2.05, 4.69) is 5.32 Å². The van der Waals surface area contributed by atoms with Crippen LogP contribution in [0.3, 0.4) is 0 Å². The number of rotatable bonds is 3. The summed E-state index contributed by atoms with van der Waals surface area (Å²) in [6.45, 7) is 1.57. The molecule has 4 heteroatoms. The van der Waals surface area contributed by atoms with Crippen molar-refractivity contribution < 1.29 is 9.59 Å². The standard InChI is InChI=1S/C23H28N2O2/c1-15(26)25-7-6-19-4-2-3-5-20(19)21(25)11-22(27)24-23-12-16-8-17(13-23)10-18(9-16)14-23/h2-7,16-18,21H,8-14H2,1H3,(H,24,27)/t16?,17?,18?,21-,23?/m1/s1. The summed E-state index contributed by atoms with van der Waals surface area (Å²) in [4.78, 5) is 27.0. The molecule has 5 aliphatic rings. The molecule has 0 saturated heterocycles. The Morgan fingerprint density at radius 1 is 1.07 bits per heavy atom. The first-order valence-corrected chi connectivity index (χ1v) is 10.4. The largest absolute Gasteiger partial charge is 0.351 e. The van der Waals surface area contributed by atoms with Crippen molar-refractivity contribution in [1.82, 2.24) is 10.2 Å². The average Bonchev–Trinajstić information content (AvgIpc) is 2.60. The van der Waals surface area contributed by atoms with Crippen LogP contribution in [0.2, 0.25) is 0 Å². The summed E-state index contributed by atoms with van der Waals surface area (Å²) in [7, 11) is 0. The molecule has 1 atom stereocenters. The van der Waals surface area contributed by atoms with Crippen molar-refractivity contribution >= 4 is 17.9 Å². The Bertz CT molecular complexity index is 777. The number of amides is 2. The van der Waals surface area contributed by atoms with E-state index in [1.165, 1.54) is 19.3 Å². The van der Waals surface area contributed by atoms with Crippen LogP contribution in [-0.2, 0) is 9.59 Å². The van der Waals surface area contributed by atoms with Crippen LogP contribution in [0, 0.1) is 17.8 Å². The molecule has 4 fully saturated rings. The van der Waals surface area contributed by atoms with E-state index in [-0.39, 0.29) is 23.4 Å². The zero-order valence-corrected chi connectivity index (χ0v) is 16.0. The third-order valence-electron chi connectivity index (χ3n) is 7.29. The molecule has 0 aromatic heterocycles. The molecule has 1 aromatic rings. The van der Waals surface area contributed by atoms with Gasteiger partial charge in [0.05, 0.1) is 12.5 Å². The highest BCUT2D eigenvalue weighted by Gasteiger charge is 2.51. The SMILES string of the molecule is CC(=O)N1C=Cc2ccccc2[C@H]1CC(=O)NC12CC3CC(CC(C3)C1)C2. The first-order valence-electron chi connectivity index (χ1n) is 10.4. The number of carbonyl (C=O) groups excluding carboxylic acids is 2. The fourth-order valence-corrected chi connectivity index (χ4v) is 6.70. The Kier molecular flexibility index (Phi) is 3.92. The first-order chi connectivity index (χ1) is 13.0. The fourth-order valence-electron chi connectivity index (χ4n) is 6.70. The van der Waals surface area contributed by atoms with Gasteiger partial charge in [-0.25, -0.2) is 0 Å². The summed E-state index contributed by atoms with van der Waals surface area (Å²) in [6.07, 6.45) is 11.7. The molecule has 2 amide bonds. The topological polar surface area (TPSA) is 49.4 Å². The van der Waals surface area contributed by atoms with Crippen LogP contribution in [0.15, 0.2) is 30.5 Å². The lowest BCUT2D eigenvalue weighted by Gasteiger charge is -2.57. The molecular weight excluding hydrogens is 336 g/mol. The highest BCUT2D eigenvalue weighted by Crippen LogP contribution is 2.55. The van der Waals surface area contributed by atoms with Gasteiger partial charge in [0.1, 0.15) is 0 Å². The Morgan fingerprint density at radius 3 is 2.33 bits per heavy atom. The molecule has 1 N–H and O–H groups in total. The zero-order chi connectivity index (χ0) is 18.6. The van der Waals surface area contributed by atoms with Gasteiger partial charge in [-0.15, -0.1) is 0 Å². The van der Waals surface area contributed by atoms with Gasteiger partial charge >= 0.3 is 0 Å². The minimum atomic E-state index is -0.211. The second-order valence-corrected chi connectivity index (χ2v) is 9.34. The van der Waals surface area contributed by atoms with E-state index in [0.717, 1.165) is 48.1 Å². The minimum absolute atomic E-state index is 0.0200. The Labute approximate surface area is 161 Å². The number of fused-ring (bicyclic) bond motifs is 1. The van der Waals surface area contributed by atoms with Crippen molar-refractivity contribution in [3.05, 3.63) is 41.6 Å². The molecule has 1 heterocycles. The molecule has 27 heavy (non-hydrogen) atoms. The van der Waals surface area contributed by atoms with Gasteiger partial charge in [-0.1, -0.05) is 24.3 Å². The molecule has 4 saturated carbocycles. The summed E-state index contributed by atoms with van der Waals surface area (Å²) in [5.41, 5.74) is 2.19. The lowest BCUT2D eigenvalue weighted by Crippen LogP contribution is -2.60. The number of benzene rings is 1. The smallest absolute Gasteiger partial charge is 0.223 e. The average molecular weight is 364 g/mol. The van der Waals surface area contributed by atoms with E-state index in [1.54, 1.807) is 11.8 Å². The maximum Gasteiger partial charge on any atom is 0.223 e. The van der Waals surface area contributed by atoms with Crippen molar-refractivity contribution in [2.75, 3.05) is 0 Å². The molecule has 0 unspecified atom stereocenters. The Hall–Kier alpha value is -2.10. The van der Waals surface area contributed by atoms with Crippen LogP contribution in [0.1, 0.15) is 69.0 Å². The van der Waals surface area contributed by atoms with Gasteiger partial charge in [-0.2, -0.15) is 0 Å². The highest BCUT2D eigenvalue weighted by molar-refractivity contribution is 5.82. The van der Waals surface area contributed by atoms with Crippen LogP contribution in [0.4, 0.5) is 0 Å². The number of nitrogens with one attached hydrogen (secondary N) is 1. The normalized spacial score (nSPS) is 35.8. The summed E-state index contributed by atoms with van der Waals surface area (Å²) in [5, 5.41) is 3.46. The maximum absolute atomic E-state index is 13.1. The van der Waals surface area contributed by atoms with Gasteiger partial charge in [0.2, 0.25) is 11.8 Å². The third kappa shape index (κ3) is 2.99. The summed E-state index contributed by atoms with van der Waals surface area (Å²) >= 11 is 0. The van der Waals surface area contributed by atoms with Crippen molar-refractivity contribution in [1.29, 1.82) is 0 Å². The summed E-state index contributed by atoms with van der Waals surface area (Å²) < 4.78 is 0. The molecule has 0 spiro atoms. The van der Waals surface area contributed by atoms with Crippen LogP contribution in [0.5, 0.6) is 0 Å². The molecular formula is C23H28N2O2. The van der Waals surface area contributed by atoms with Crippen LogP contribution < -0.4 is 5.32 Å². The first kappa shape index (κ1) is 17.0. The molecule has 6 rings (SSSR count). The minimum Gasteiger partial charge on any atom is -0.351 e. The Balaban J connectivity index is 1.35. The van der Waals surface area contributed by atoms with Crippen LogP contribution in [-0.4, -0.2) is 22.3 Å². The number of carbonyl (C=O) groups is 2. The monoisotopic (exact) mass is 364 g/mol. The zero-order valence-electron chi connectivity index (χ0n) is 16.0. The number of hydrogen-bond donors (Lipinski definition) is 1.